The molecule has 0 N–H and O–H groups in total. The summed E-state index contributed by atoms with van der Waals surface area (Å²) in [5.41, 5.74) is 8.97. The molecule has 0 atom stereocenters. The van der Waals surface area contributed by atoms with Gasteiger partial charge >= 0.3 is 0 Å². The van der Waals surface area contributed by atoms with E-state index in [2.05, 4.69) is 72.2 Å². The first kappa shape index (κ1) is 27.1. The Morgan fingerprint density at radius 2 is 1.46 bits per heavy atom. The second kappa shape index (κ2) is 11.9. The number of amides is 1. The molecule has 2 aliphatic rings. The van der Waals surface area contributed by atoms with Crippen molar-refractivity contribution in [3.63, 3.8) is 0 Å². The smallest absolute Gasteiger partial charge is 0.227 e. The van der Waals surface area contributed by atoms with Gasteiger partial charge in [0.05, 0.1) is 6.54 Å². The maximum absolute atomic E-state index is 12.7. The molecule has 2 aliphatic heterocycles. The second-order valence-corrected chi connectivity index (χ2v) is 9.46. The van der Waals surface area contributed by atoms with E-state index in [-0.39, 0.29) is 30.7 Å². The van der Waals surface area contributed by atoms with Crippen LogP contribution in [-0.4, -0.2) is 37.0 Å². The standard InChI is InChI=1S/C29H33N3O.2ClH/c1-22-8-9-25(18-23(22)2)20-30-14-16-31(17-15-30)27-11-12-28-26(19-27)10-13-29(33)32(28)21-24-6-4-3-5-7-24;;/h3-9,11-12,18-19H,10,13-17,20-21H2,1-2H3;2*1H. The predicted octanol–water partition coefficient (Wildman–Crippen LogP) is 5.95. The average molecular weight is 513 g/mol. The Balaban J connectivity index is 0.00000171. The highest BCUT2D eigenvalue weighted by Gasteiger charge is 2.26. The molecule has 1 saturated heterocycles. The van der Waals surface area contributed by atoms with Crippen molar-refractivity contribution < 1.29 is 4.79 Å². The zero-order valence-corrected chi connectivity index (χ0v) is 22.2. The zero-order chi connectivity index (χ0) is 22.8. The van der Waals surface area contributed by atoms with Gasteiger partial charge in [-0.15, -0.1) is 24.8 Å². The van der Waals surface area contributed by atoms with Crippen LogP contribution < -0.4 is 9.80 Å². The summed E-state index contributed by atoms with van der Waals surface area (Å²) in [5, 5.41) is 0. The van der Waals surface area contributed by atoms with Crippen LogP contribution >= 0.6 is 24.8 Å². The number of hydrogen-bond acceptors (Lipinski definition) is 3. The lowest BCUT2D eigenvalue weighted by atomic mass is 9.99. The zero-order valence-electron chi connectivity index (χ0n) is 20.6. The van der Waals surface area contributed by atoms with Gasteiger partial charge < -0.3 is 9.80 Å². The lowest BCUT2D eigenvalue weighted by Gasteiger charge is -2.37. The van der Waals surface area contributed by atoms with Gasteiger partial charge in [-0.25, -0.2) is 0 Å². The van der Waals surface area contributed by atoms with E-state index < -0.39 is 0 Å². The topological polar surface area (TPSA) is 26.8 Å². The number of piperazine rings is 1. The molecule has 2 heterocycles. The highest BCUT2D eigenvalue weighted by atomic mass is 35.5. The van der Waals surface area contributed by atoms with Gasteiger partial charge in [0.1, 0.15) is 0 Å². The number of fused-ring (bicyclic) bond motifs is 1. The van der Waals surface area contributed by atoms with Crippen LogP contribution in [0.1, 0.15) is 34.2 Å². The van der Waals surface area contributed by atoms with E-state index >= 15 is 0 Å². The van der Waals surface area contributed by atoms with Crippen LogP contribution in [0.15, 0.2) is 66.7 Å². The molecule has 3 aromatic carbocycles. The third kappa shape index (κ3) is 6.19. The van der Waals surface area contributed by atoms with Crippen molar-refractivity contribution in [2.24, 2.45) is 0 Å². The SMILES string of the molecule is Cc1ccc(CN2CCN(c3ccc4c(c3)CCC(=O)N4Cc3ccccc3)CC2)cc1C.Cl.Cl. The Kier molecular flexibility index (Phi) is 9.23. The molecule has 0 saturated carbocycles. The maximum Gasteiger partial charge on any atom is 0.227 e. The molecule has 3 aromatic rings. The molecule has 0 spiro atoms. The van der Waals surface area contributed by atoms with Crippen molar-refractivity contribution in [3.05, 3.63) is 94.5 Å². The van der Waals surface area contributed by atoms with Gasteiger partial charge in [0.15, 0.2) is 0 Å². The molecule has 0 bridgehead atoms. The molecule has 186 valence electrons. The predicted molar refractivity (Wildman–Crippen MR) is 150 cm³/mol. The minimum absolute atomic E-state index is 0. The highest BCUT2D eigenvalue weighted by Crippen LogP contribution is 2.33. The number of rotatable bonds is 5. The van der Waals surface area contributed by atoms with Crippen molar-refractivity contribution >= 4 is 42.1 Å². The molecule has 35 heavy (non-hydrogen) atoms. The molecule has 6 heteroatoms. The van der Waals surface area contributed by atoms with Gasteiger partial charge in [0.2, 0.25) is 5.91 Å². The quantitative estimate of drug-likeness (QED) is 0.423. The Hall–Kier alpha value is -2.53. The van der Waals surface area contributed by atoms with Crippen LogP contribution in [0.2, 0.25) is 0 Å². The number of anilines is 2. The van der Waals surface area contributed by atoms with Crippen LogP contribution in [0.3, 0.4) is 0 Å². The van der Waals surface area contributed by atoms with Crippen LogP contribution in [0.4, 0.5) is 11.4 Å². The third-order valence-corrected chi connectivity index (χ3v) is 7.16. The molecule has 0 aliphatic carbocycles. The summed E-state index contributed by atoms with van der Waals surface area (Å²) in [6.45, 7) is 10.3. The van der Waals surface area contributed by atoms with E-state index in [0.29, 0.717) is 13.0 Å². The van der Waals surface area contributed by atoms with Gasteiger partial charge in [0.25, 0.3) is 0 Å². The van der Waals surface area contributed by atoms with E-state index in [4.69, 9.17) is 0 Å². The van der Waals surface area contributed by atoms with Crippen molar-refractivity contribution in [1.82, 2.24) is 4.90 Å². The van der Waals surface area contributed by atoms with Crippen LogP contribution in [0, 0.1) is 13.8 Å². The Morgan fingerprint density at radius 1 is 0.714 bits per heavy atom. The molecule has 1 amide bonds. The summed E-state index contributed by atoms with van der Waals surface area (Å²) in [5.74, 6) is 0.221. The van der Waals surface area contributed by atoms with Gasteiger partial charge in [0, 0.05) is 50.5 Å². The fraction of sp³-hybridized carbons (Fsp3) is 0.345. The third-order valence-electron chi connectivity index (χ3n) is 7.16. The molecular formula is C29H35Cl2N3O. The Bertz CT molecular complexity index is 1140. The first-order valence-electron chi connectivity index (χ1n) is 12.1. The molecule has 5 rings (SSSR count). The van der Waals surface area contributed by atoms with Crippen molar-refractivity contribution in [2.45, 2.75) is 39.8 Å². The van der Waals surface area contributed by atoms with Gasteiger partial charge in [-0.05, 0) is 66.3 Å². The van der Waals surface area contributed by atoms with Gasteiger partial charge in [-0.3, -0.25) is 9.69 Å². The van der Waals surface area contributed by atoms with Crippen molar-refractivity contribution in [3.8, 4) is 0 Å². The minimum Gasteiger partial charge on any atom is -0.369 e. The minimum atomic E-state index is 0. The summed E-state index contributed by atoms with van der Waals surface area (Å²) in [7, 11) is 0. The number of hydrogen-bond donors (Lipinski definition) is 0. The first-order chi connectivity index (χ1) is 16.1. The van der Waals surface area contributed by atoms with Gasteiger partial charge in [-0.1, -0.05) is 48.5 Å². The highest BCUT2D eigenvalue weighted by molar-refractivity contribution is 5.96. The molecule has 0 aromatic heterocycles. The Morgan fingerprint density at radius 3 is 2.17 bits per heavy atom. The number of benzene rings is 3. The van der Waals surface area contributed by atoms with Crippen LogP contribution in [0.5, 0.6) is 0 Å². The summed E-state index contributed by atoms with van der Waals surface area (Å²) >= 11 is 0. The normalized spacial score (nSPS) is 15.8. The molecule has 0 unspecified atom stereocenters. The maximum atomic E-state index is 12.7. The van der Waals surface area contributed by atoms with E-state index in [1.807, 2.05) is 23.1 Å². The molecule has 4 nitrogen and oxygen atoms in total. The van der Waals surface area contributed by atoms with Gasteiger partial charge in [-0.2, -0.15) is 0 Å². The van der Waals surface area contributed by atoms with E-state index in [1.165, 1.54) is 33.5 Å². The number of carbonyl (C=O) groups is 1. The second-order valence-electron chi connectivity index (χ2n) is 9.46. The monoisotopic (exact) mass is 511 g/mol. The average Bonchev–Trinajstić information content (AvgIpc) is 2.84. The van der Waals surface area contributed by atoms with Crippen LogP contribution in [-0.2, 0) is 24.3 Å². The van der Waals surface area contributed by atoms with E-state index in [0.717, 1.165) is 44.8 Å². The van der Waals surface area contributed by atoms with E-state index in [1.54, 1.807) is 0 Å². The summed E-state index contributed by atoms with van der Waals surface area (Å²) < 4.78 is 0. The molecule has 0 radical (unpaired) electrons. The lowest BCUT2D eigenvalue weighted by molar-refractivity contribution is -0.119. The first-order valence-corrected chi connectivity index (χ1v) is 12.1. The van der Waals surface area contributed by atoms with Crippen LogP contribution in [0.25, 0.3) is 0 Å². The number of aryl methyl sites for hydroxylation is 3. The number of carbonyl (C=O) groups excluding carboxylic acids is 1. The number of halogens is 2. The fourth-order valence-electron chi connectivity index (χ4n) is 5.01. The van der Waals surface area contributed by atoms with Crippen molar-refractivity contribution in [2.75, 3.05) is 36.0 Å². The lowest BCUT2D eigenvalue weighted by Crippen LogP contribution is -2.46. The van der Waals surface area contributed by atoms with Crippen molar-refractivity contribution in [1.29, 1.82) is 0 Å². The fourth-order valence-corrected chi connectivity index (χ4v) is 5.01. The summed E-state index contributed by atoms with van der Waals surface area (Å²) in [6, 6.07) is 23.8. The molecule has 1 fully saturated rings. The Labute approximate surface area is 221 Å². The number of nitrogens with zero attached hydrogens (tertiary/aromatic N) is 3. The van der Waals surface area contributed by atoms with E-state index in [9.17, 15) is 4.79 Å². The largest absolute Gasteiger partial charge is 0.369 e. The summed E-state index contributed by atoms with van der Waals surface area (Å²) in [4.78, 5) is 19.7. The summed E-state index contributed by atoms with van der Waals surface area (Å²) in [6.07, 6.45) is 1.42. The molecular weight excluding hydrogens is 477 g/mol.